The number of aryl methyl sites for hydroxylation is 1. The lowest BCUT2D eigenvalue weighted by Gasteiger charge is -1.90. The van der Waals surface area contributed by atoms with Crippen LogP contribution in [0.1, 0.15) is 6.99 Å². The summed E-state index contributed by atoms with van der Waals surface area (Å²) in [6.45, 7) is 2.10. The Morgan fingerprint density at radius 1 is 1.30 bits per heavy atom. The second kappa shape index (κ2) is 1.87. The minimum Gasteiger partial charge on any atom is -0.361 e. The molecule has 0 fully saturated rings. The van der Waals surface area contributed by atoms with Gasteiger partial charge < -0.3 is 4.98 Å². The third-order valence-electron chi connectivity index (χ3n) is 1.71. The van der Waals surface area contributed by atoms with Crippen molar-refractivity contribution in [2.75, 3.05) is 0 Å². The summed E-state index contributed by atoms with van der Waals surface area (Å²) in [7, 11) is 0. The monoisotopic (exact) mass is 133 g/mol. The Morgan fingerprint density at radius 2 is 2.20 bits per heavy atom. The molecule has 2 aromatic rings. The lowest BCUT2D eigenvalue weighted by molar-refractivity contribution is 1.44. The van der Waals surface area contributed by atoms with Crippen LogP contribution in [0.15, 0.2) is 30.5 Å². The zero-order chi connectivity index (χ0) is 6.97. The molecule has 0 spiro atoms. The number of aromatic nitrogens is 1. The highest BCUT2D eigenvalue weighted by molar-refractivity contribution is 5.79. The van der Waals surface area contributed by atoms with Crippen molar-refractivity contribution in [3.63, 3.8) is 0 Å². The topological polar surface area (TPSA) is 15.8 Å². The summed E-state index contributed by atoms with van der Waals surface area (Å²) in [5, 5.41) is 1.28. The van der Waals surface area contributed by atoms with Gasteiger partial charge in [-0.2, -0.15) is 0 Å². The molecular weight excluding hydrogens is 122 g/mol. The molecule has 2 rings (SSSR count). The van der Waals surface area contributed by atoms with Crippen LogP contribution in [0.5, 0.6) is 0 Å². The van der Waals surface area contributed by atoms with Gasteiger partial charge in [-0.25, -0.2) is 0 Å². The maximum Gasteiger partial charge on any atom is 0.0456 e. The molecule has 1 nitrogen and oxygen atoms in total. The van der Waals surface area contributed by atoms with E-state index in [0.717, 1.165) is 0 Å². The molecule has 1 N–H and O–H groups in total. The Hall–Kier alpha value is -1.24. The molecule has 0 amide bonds. The van der Waals surface area contributed by atoms with Crippen molar-refractivity contribution in [2.45, 2.75) is 6.92 Å². The van der Waals surface area contributed by atoms with E-state index < -0.39 is 0 Å². The Balaban J connectivity index is 0.000000605. The lowest BCUT2D eigenvalue weighted by Crippen LogP contribution is -1.70. The van der Waals surface area contributed by atoms with Gasteiger partial charge in [0.2, 0.25) is 0 Å². The second-order valence-corrected chi connectivity index (χ2v) is 2.57. The van der Waals surface area contributed by atoms with Crippen molar-refractivity contribution < 1.29 is 1.43 Å². The molecule has 0 aliphatic heterocycles. The summed E-state index contributed by atoms with van der Waals surface area (Å²) < 4.78 is 0. The van der Waals surface area contributed by atoms with E-state index >= 15 is 0 Å². The number of hydrogen-bond acceptors (Lipinski definition) is 0. The van der Waals surface area contributed by atoms with Crippen LogP contribution in [-0.2, 0) is 0 Å². The predicted octanol–water partition coefficient (Wildman–Crippen LogP) is 2.72. The number of fused-ring (bicyclic) bond motifs is 1. The third-order valence-corrected chi connectivity index (χ3v) is 1.71. The molecule has 0 bridgehead atoms. The van der Waals surface area contributed by atoms with Crippen LogP contribution < -0.4 is 0 Å². The van der Waals surface area contributed by atoms with Gasteiger partial charge in [0, 0.05) is 13.1 Å². The van der Waals surface area contributed by atoms with Gasteiger partial charge in [-0.1, -0.05) is 12.1 Å². The van der Waals surface area contributed by atoms with Crippen LogP contribution in [-0.4, -0.2) is 4.98 Å². The molecule has 0 radical (unpaired) electrons. The van der Waals surface area contributed by atoms with Crippen molar-refractivity contribution in [3.8, 4) is 0 Å². The first-order chi connectivity index (χ1) is 4.86. The van der Waals surface area contributed by atoms with Gasteiger partial charge in [0.25, 0.3) is 0 Å². The summed E-state index contributed by atoms with van der Waals surface area (Å²) in [4.78, 5) is 3.16. The number of hydrogen-bond donors (Lipinski definition) is 1. The highest BCUT2D eigenvalue weighted by atomic mass is 14.7. The zero-order valence-corrected chi connectivity index (χ0v) is 5.89. The van der Waals surface area contributed by atoms with Crippen LogP contribution in [0.3, 0.4) is 0 Å². The number of H-pyrrole nitrogens is 1. The van der Waals surface area contributed by atoms with Gasteiger partial charge in [-0.3, -0.25) is 0 Å². The summed E-state index contributed by atoms with van der Waals surface area (Å²) >= 11 is 0. The molecule has 0 unspecified atom stereocenters. The fourth-order valence-corrected chi connectivity index (χ4v) is 1.16. The second-order valence-electron chi connectivity index (χ2n) is 2.57. The molecule has 1 heteroatoms. The van der Waals surface area contributed by atoms with Crippen LogP contribution in [0, 0.1) is 6.92 Å². The van der Waals surface area contributed by atoms with Gasteiger partial charge >= 0.3 is 0 Å². The van der Waals surface area contributed by atoms with E-state index in [4.69, 9.17) is 0 Å². The van der Waals surface area contributed by atoms with E-state index in [0.29, 0.717) is 0 Å². The number of aromatic amines is 1. The minimum absolute atomic E-state index is 0. The Morgan fingerprint density at radius 3 is 3.10 bits per heavy atom. The third kappa shape index (κ3) is 0.711. The smallest absolute Gasteiger partial charge is 0.0456 e. The molecule has 1 aromatic heterocycles. The fraction of sp³-hybridized carbons (Fsp3) is 0.111. The molecule has 1 heterocycles. The first kappa shape index (κ1) is 5.54. The molecule has 0 aliphatic carbocycles. The van der Waals surface area contributed by atoms with Crippen LogP contribution in [0.25, 0.3) is 10.9 Å². The molecule has 0 saturated heterocycles. The molecule has 52 valence electrons. The summed E-state index contributed by atoms with van der Waals surface area (Å²) in [6.07, 6.45) is 1.96. The fourth-order valence-electron chi connectivity index (χ4n) is 1.16. The molecular formula is C9H11N. The standard InChI is InChI=1S/C9H9N.H2/c1-7-2-3-8-4-5-10-9(8)6-7;/h2-6,10H,1H3;1H. The van der Waals surface area contributed by atoms with Gasteiger partial charge in [-0.15, -0.1) is 0 Å². The summed E-state index contributed by atoms with van der Waals surface area (Å²) in [6, 6.07) is 8.47. The minimum atomic E-state index is 0. The zero-order valence-electron chi connectivity index (χ0n) is 5.89. The average molecular weight is 133 g/mol. The predicted molar refractivity (Wildman–Crippen MR) is 45.1 cm³/mol. The van der Waals surface area contributed by atoms with E-state index in [1.807, 2.05) is 6.20 Å². The molecule has 0 atom stereocenters. The van der Waals surface area contributed by atoms with Crippen molar-refractivity contribution in [2.24, 2.45) is 0 Å². The average Bonchev–Trinajstić information content (AvgIpc) is 2.33. The Bertz CT molecular complexity index is 351. The van der Waals surface area contributed by atoms with Gasteiger partial charge in [-0.05, 0) is 30.0 Å². The normalized spacial score (nSPS) is 10.5. The Kier molecular flexibility index (Phi) is 1.04. The van der Waals surface area contributed by atoms with Crippen molar-refractivity contribution in [1.29, 1.82) is 0 Å². The van der Waals surface area contributed by atoms with Crippen LogP contribution >= 0.6 is 0 Å². The first-order valence-corrected chi connectivity index (χ1v) is 3.40. The van der Waals surface area contributed by atoms with Gasteiger partial charge in [0.05, 0.1) is 0 Å². The van der Waals surface area contributed by atoms with Crippen molar-refractivity contribution in [3.05, 3.63) is 36.0 Å². The van der Waals surface area contributed by atoms with Crippen molar-refractivity contribution >= 4 is 10.9 Å². The van der Waals surface area contributed by atoms with E-state index in [1.165, 1.54) is 16.5 Å². The van der Waals surface area contributed by atoms with Crippen LogP contribution in [0.2, 0.25) is 0 Å². The molecule has 1 aromatic carbocycles. The maximum atomic E-state index is 3.16. The number of nitrogens with one attached hydrogen (secondary N) is 1. The van der Waals surface area contributed by atoms with E-state index in [-0.39, 0.29) is 1.43 Å². The van der Waals surface area contributed by atoms with E-state index in [1.54, 1.807) is 0 Å². The number of benzene rings is 1. The molecule has 0 saturated carbocycles. The number of rotatable bonds is 0. The highest BCUT2D eigenvalue weighted by Crippen LogP contribution is 2.12. The molecule has 10 heavy (non-hydrogen) atoms. The lowest BCUT2D eigenvalue weighted by atomic mass is 10.2. The SMILES string of the molecule is Cc1ccc2cc[nH]c2c1.[HH]. The quantitative estimate of drug-likeness (QED) is 0.568. The highest BCUT2D eigenvalue weighted by Gasteiger charge is 1.90. The maximum absolute atomic E-state index is 3.16. The molecule has 0 aliphatic rings. The van der Waals surface area contributed by atoms with Crippen LogP contribution in [0.4, 0.5) is 0 Å². The van der Waals surface area contributed by atoms with E-state index in [9.17, 15) is 0 Å². The van der Waals surface area contributed by atoms with E-state index in [2.05, 4.69) is 36.2 Å². The van der Waals surface area contributed by atoms with Gasteiger partial charge in [0.15, 0.2) is 0 Å². The van der Waals surface area contributed by atoms with Crippen molar-refractivity contribution in [1.82, 2.24) is 4.98 Å². The summed E-state index contributed by atoms with van der Waals surface area (Å²) in [5.74, 6) is 0. The largest absolute Gasteiger partial charge is 0.361 e. The Labute approximate surface area is 61.2 Å². The first-order valence-electron chi connectivity index (χ1n) is 3.40. The summed E-state index contributed by atoms with van der Waals surface area (Å²) in [5.41, 5.74) is 2.52. The van der Waals surface area contributed by atoms with Gasteiger partial charge in [0.1, 0.15) is 0 Å².